The highest BCUT2D eigenvalue weighted by molar-refractivity contribution is 5.95. The minimum atomic E-state index is -4.64. The number of likely N-dealkylation sites (tertiary alicyclic amines) is 2. The lowest BCUT2D eigenvalue weighted by Crippen LogP contribution is -2.65. The first-order chi connectivity index (χ1) is 17.7. The fraction of sp³-hybridized carbons (Fsp3) is 0.500. The Bertz CT molecular complexity index is 1280. The van der Waals surface area contributed by atoms with E-state index >= 15 is 0 Å². The van der Waals surface area contributed by atoms with Crippen molar-refractivity contribution in [3.8, 4) is 0 Å². The number of carbonyl (C=O) groups excluding carboxylic acids is 3. The fourth-order valence-electron chi connectivity index (χ4n) is 5.47. The summed E-state index contributed by atoms with van der Waals surface area (Å²) in [7, 11) is 0. The number of nitrogens with two attached hydrogens (primary N) is 1. The van der Waals surface area contributed by atoms with Gasteiger partial charge in [-0.15, -0.1) is 0 Å². The minimum Gasteiger partial charge on any atom is -0.369 e. The van der Waals surface area contributed by atoms with E-state index in [4.69, 9.17) is 5.73 Å². The number of nitrogens with zero attached hydrogens (tertiary/aromatic N) is 4. The Morgan fingerprint density at radius 2 is 1.58 bits per heavy atom. The van der Waals surface area contributed by atoms with E-state index in [-0.39, 0.29) is 51.1 Å². The molecule has 8 nitrogen and oxygen atoms in total. The lowest BCUT2D eigenvalue weighted by Gasteiger charge is -2.51. The van der Waals surface area contributed by atoms with Gasteiger partial charge in [-0.25, -0.2) is 0 Å². The Morgan fingerprint density at radius 1 is 0.974 bits per heavy atom. The molecule has 1 spiro atoms. The van der Waals surface area contributed by atoms with Gasteiger partial charge in [0.15, 0.2) is 0 Å². The molecule has 2 aliphatic heterocycles. The second-order valence-electron chi connectivity index (χ2n) is 10.4. The summed E-state index contributed by atoms with van der Waals surface area (Å²) in [5, 5.41) is 4.09. The molecular formula is C24H23F6N5O3. The summed E-state index contributed by atoms with van der Waals surface area (Å²) in [6, 6.07) is 4.51. The van der Waals surface area contributed by atoms with Crippen molar-refractivity contribution in [1.82, 2.24) is 19.6 Å². The molecule has 5 rings (SSSR count). The SMILES string of the molecule is NC(=O)C1CN(C(=O)c2cnn(Cc3ccc(C(F)(F)F)cc3)c2)CC12CN(C(=O)C1(C(F)(F)F)CC1)C2. The molecule has 38 heavy (non-hydrogen) atoms. The summed E-state index contributed by atoms with van der Waals surface area (Å²) < 4.78 is 79.8. The molecule has 204 valence electrons. The topological polar surface area (TPSA) is 102 Å². The number of rotatable bonds is 5. The van der Waals surface area contributed by atoms with Crippen LogP contribution in [0.4, 0.5) is 26.3 Å². The molecule has 1 saturated carbocycles. The van der Waals surface area contributed by atoms with Gasteiger partial charge < -0.3 is 15.5 Å². The Balaban J connectivity index is 1.25. The Hall–Kier alpha value is -3.58. The zero-order valence-corrected chi connectivity index (χ0v) is 19.8. The van der Waals surface area contributed by atoms with Crippen LogP contribution in [0.15, 0.2) is 36.7 Å². The third kappa shape index (κ3) is 4.29. The van der Waals surface area contributed by atoms with Crippen LogP contribution < -0.4 is 5.73 Å². The van der Waals surface area contributed by atoms with Crippen molar-refractivity contribution in [2.24, 2.45) is 22.5 Å². The molecule has 1 aromatic carbocycles. The van der Waals surface area contributed by atoms with E-state index in [2.05, 4.69) is 5.10 Å². The van der Waals surface area contributed by atoms with Gasteiger partial charge in [0.1, 0.15) is 5.41 Å². The maximum Gasteiger partial charge on any atom is 0.416 e. The van der Waals surface area contributed by atoms with Crippen LogP contribution in [0, 0.1) is 16.7 Å². The fourth-order valence-corrected chi connectivity index (χ4v) is 5.47. The summed E-state index contributed by atoms with van der Waals surface area (Å²) in [6.07, 6.45) is -6.93. The first-order valence-corrected chi connectivity index (χ1v) is 11.8. The summed E-state index contributed by atoms with van der Waals surface area (Å²) in [5.41, 5.74) is 2.18. The van der Waals surface area contributed by atoms with Crippen molar-refractivity contribution in [3.63, 3.8) is 0 Å². The van der Waals surface area contributed by atoms with E-state index < -0.39 is 52.4 Å². The molecule has 3 aliphatic rings. The number of hydrogen-bond acceptors (Lipinski definition) is 4. The van der Waals surface area contributed by atoms with Crippen LogP contribution in [0.5, 0.6) is 0 Å². The molecule has 2 aromatic rings. The van der Waals surface area contributed by atoms with Crippen molar-refractivity contribution in [3.05, 3.63) is 53.3 Å². The van der Waals surface area contributed by atoms with Crippen molar-refractivity contribution >= 4 is 17.7 Å². The Labute approximate surface area is 212 Å². The third-order valence-electron chi connectivity index (χ3n) is 7.79. The van der Waals surface area contributed by atoms with Gasteiger partial charge in [0.05, 0.1) is 29.8 Å². The first-order valence-electron chi connectivity index (χ1n) is 11.8. The van der Waals surface area contributed by atoms with Gasteiger partial charge in [-0.05, 0) is 30.5 Å². The largest absolute Gasteiger partial charge is 0.416 e. The van der Waals surface area contributed by atoms with Crippen LogP contribution in [-0.4, -0.2) is 69.7 Å². The molecule has 3 amide bonds. The van der Waals surface area contributed by atoms with Crippen molar-refractivity contribution in [2.75, 3.05) is 26.2 Å². The number of aromatic nitrogens is 2. The van der Waals surface area contributed by atoms with E-state index in [9.17, 15) is 40.7 Å². The predicted molar refractivity (Wildman–Crippen MR) is 118 cm³/mol. The number of primary amides is 1. The molecule has 3 heterocycles. The summed E-state index contributed by atoms with van der Waals surface area (Å²) in [4.78, 5) is 40.3. The molecule has 3 fully saturated rings. The molecule has 2 N–H and O–H groups in total. The van der Waals surface area contributed by atoms with Crippen LogP contribution >= 0.6 is 0 Å². The molecule has 1 aliphatic carbocycles. The third-order valence-corrected chi connectivity index (χ3v) is 7.79. The quantitative estimate of drug-likeness (QED) is 0.586. The number of benzene rings is 1. The first kappa shape index (κ1) is 26.0. The Kier molecular flexibility index (Phi) is 5.80. The van der Waals surface area contributed by atoms with Crippen LogP contribution in [0.1, 0.15) is 34.3 Å². The molecule has 1 unspecified atom stereocenters. The molecule has 0 bridgehead atoms. The summed E-state index contributed by atoms with van der Waals surface area (Å²) >= 11 is 0. The van der Waals surface area contributed by atoms with Crippen molar-refractivity contribution < 1.29 is 40.7 Å². The van der Waals surface area contributed by atoms with Crippen molar-refractivity contribution in [2.45, 2.75) is 31.7 Å². The second kappa shape index (κ2) is 8.46. The lowest BCUT2D eigenvalue weighted by atomic mass is 9.70. The molecule has 1 aromatic heterocycles. The maximum atomic E-state index is 13.4. The van der Waals surface area contributed by atoms with Gasteiger partial charge in [-0.1, -0.05) is 12.1 Å². The Morgan fingerprint density at radius 3 is 2.11 bits per heavy atom. The average molecular weight is 543 g/mol. The molecule has 1 atom stereocenters. The number of amides is 3. The maximum absolute atomic E-state index is 13.4. The number of halogens is 6. The molecule has 2 saturated heterocycles. The smallest absolute Gasteiger partial charge is 0.369 e. The van der Waals surface area contributed by atoms with Crippen LogP contribution in [-0.2, 0) is 22.3 Å². The van der Waals surface area contributed by atoms with Gasteiger partial charge >= 0.3 is 12.4 Å². The zero-order chi connectivity index (χ0) is 27.7. The minimum absolute atomic E-state index is 0.0340. The van der Waals surface area contributed by atoms with E-state index in [1.807, 2.05) is 0 Å². The van der Waals surface area contributed by atoms with E-state index in [0.717, 1.165) is 17.0 Å². The average Bonchev–Trinajstić information content (AvgIpc) is 3.34. The summed E-state index contributed by atoms with van der Waals surface area (Å²) in [5.74, 6) is -3.03. The highest BCUT2D eigenvalue weighted by Crippen LogP contribution is 2.60. The second-order valence-corrected chi connectivity index (χ2v) is 10.4. The number of carbonyl (C=O) groups is 3. The summed E-state index contributed by atoms with van der Waals surface area (Å²) in [6.45, 7) is -0.114. The van der Waals surface area contributed by atoms with Crippen LogP contribution in [0.25, 0.3) is 0 Å². The van der Waals surface area contributed by atoms with Crippen molar-refractivity contribution in [1.29, 1.82) is 0 Å². The highest BCUT2D eigenvalue weighted by Gasteiger charge is 2.71. The van der Waals surface area contributed by atoms with Crippen LogP contribution in [0.2, 0.25) is 0 Å². The number of hydrogen-bond donors (Lipinski definition) is 1. The molecule has 14 heteroatoms. The zero-order valence-electron chi connectivity index (χ0n) is 19.8. The van der Waals surface area contributed by atoms with E-state index in [1.54, 1.807) is 0 Å². The van der Waals surface area contributed by atoms with Gasteiger partial charge in [0.25, 0.3) is 5.91 Å². The highest BCUT2D eigenvalue weighted by atomic mass is 19.4. The van der Waals surface area contributed by atoms with Crippen LogP contribution in [0.3, 0.4) is 0 Å². The van der Waals surface area contributed by atoms with E-state index in [0.29, 0.717) is 5.56 Å². The number of alkyl halides is 6. The van der Waals surface area contributed by atoms with Gasteiger partial charge in [-0.2, -0.15) is 31.4 Å². The van der Waals surface area contributed by atoms with Gasteiger partial charge in [0.2, 0.25) is 11.8 Å². The standard InChI is InChI=1S/C24H23F6N5O3/c25-23(26,27)16-3-1-14(2-4-16)8-35-9-15(7-32-35)19(37)33-10-17(18(31)36)21(11-33)12-34(13-21)20(38)22(5-6-22)24(28,29)30/h1-4,7,9,17H,5-6,8,10-13H2,(H2,31,36). The normalized spacial score (nSPS) is 21.9. The van der Waals surface area contributed by atoms with Gasteiger partial charge in [-0.3, -0.25) is 19.1 Å². The lowest BCUT2D eigenvalue weighted by molar-refractivity contribution is -0.205. The van der Waals surface area contributed by atoms with E-state index in [1.165, 1.54) is 34.1 Å². The molecule has 0 radical (unpaired) electrons. The molecular weight excluding hydrogens is 520 g/mol. The van der Waals surface area contributed by atoms with Gasteiger partial charge in [0, 0.05) is 37.8 Å². The monoisotopic (exact) mass is 543 g/mol. The predicted octanol–water partition coefficient (Wildman–Crippen LogP) is 2.68.